The second-order valence-electron chi connectivity index (χ2n) is 5.41. The summed E-state index contributed by atoms with van der Waals surface area (Å²) in [5.41, 5.74) is 11.2. The van der Waals surface area contributed by atoms with Crippen LogP contribution in [0, 0.1) is 20.8 Å². The van der Waals surface area contributed by atoms with Crippen molar-refractivity contribution in [2.75, 3.05) is 26.7 Å². The second-order valence-corrected chi connectivity index (χ2v) is 5.41. The largest absolute Gasteiger partial charge is 0.330 e. The van der Waals surface area contributed by atoms with Crippen molar-refractivity contribution in [3.05, 3.63) is 34.4 Å². The topological polar surface area (TPSA) is 29.3 Å². The maximum atomic E-state index is 5.51. The molecule has 0 aliphatic rings. The predicted molar refractivity (Wildman–Crippen MR) is 80.1 cm³/mol. The summed E-state index contributed by atoms with van der Waals surface area (Å²) in [6.07, 6.45) is 3.48. The van der Waals surface area contributed by atoms with E-state index in [1.54, 1.807) is 0 Å². The Morgan fingerprint density at radius 1 is 0.944 bits per heavy atom. The van der Waals surface area contributed by atoms with Crippen molar-refractivity contribution >= 4 is 0 Å². The third-order valence-corrected chi connectivity index (χ3v) is 3.71. The van der Waals surface area contributed by atoms with Crippen LogP contribution in [-0.4, -0.2) is 31.6 Å². The molecule has 0 unspecified atom stereocenters. The summed E-state index contributed by atoms with van der Waals surface area (Å²) in [6, 6.07) is 4.65. The quantitative estimate of drug-likeness (QED) is 0.752. The third kappa shape index (κ3) is 4.79. The van der Waals surface area contributed by atoms with E-state index in [0.29, 0.717) is 0 Å². The molecule has 1 aromatic carbocycles. The van der Waals surface area contributed by atoms with E-state index in [-0.39, 0.29) is 0 Å². The Kier molecular flexibility index (Phi) is 6.37. The average Bonchev–Trinajstić information content (AvgIpc) is 2.32. The van der Waals surface area contributed by atoms with Crippen LogP contribution in [0.4, 0.5) is 0 Å². The van der Waals surface area contributed by atoms with Crippen molar-refractivity contribution in [2.45, 2.75) is 40.0 Å². The fraction of sp³-hybridized carbons (Fsp3) is 0.625. The molecule has 2 nitrogen and oxygen atoms in total. The number of hydrogen-bond donors (Lipinski definition) is 1. The van der Waals surface area contributed by atoms with Gasteiger partial charge < -0.3 is 10.6 Å². The molecule has 2 heteroatoms. The van der Waals surface area contributed by atoms with Gasteiger partial charge >= 0.3 is 0 Å². The molecular formula is C16H28N2. The van der Waals surface area contributed by atoms with Crippen molar-refractivity contribution in [3.8, 4) is 0 Å². The zero-order chi connectivity index (χ0) is 13.5. The minimum absolute atomic E-state index is 0.810. The van der Waals surface area contributed by atoms with E-state index in [2.05, 4.69) is 44.9 Å². The minimum Gasteiger partial charge on any atom is -0.330 e. The zero-order valence-electron chi connectivity index (χ0n) is 12.4. The highest BCUT2D eigenvalue weighted by molar-refractivity contribution is 5.36. The van der Waals surface area contributed by atoms with Crippen LogP contribution < -0.4 is 5.73 Å². The molecule has 1 rings (SSSR count). The van der Waals surface area contributed by atoms with E-state index in [9.17, 15) is 0 Å². The molecule has 0 aliphatic heterocycles. The number of benzene rings is 1. The van der Waals surface area contributed by atoms with Gasteiger partial charge in [0.2, 0.25) is 0 Å². The van der Waals surface area contributed by atoms with Crippen LogP contribution in [0.2, 0.25) is 0 Å². The van der Waals surface area contributed by atoms with E-state index in [1.165, 1.54) is 28.7 Å². The molecule has 0 heterocycles. The Hall–Kier alpha value is -0.860. The molecule has 1 aromatic rings. The smallest absolute Gasteiger partial charge is 0.00189 e. The number of aryl methyl sites for hydroxylation is 3. The van der Waals surface area contributed by atoms with Gasteiger partial charge in [0.05, 0.1) is 0 Å². The molecule has 0 aliphatic carbocycles. The highest BCUT2D eigenvalue weighted by Crippen LogP contribution is 2.16. The van der Waals surface area contributed by atoms with Crippen LogP contribution in [0.3, 0.4) is 0 Å². The molecule has 0 saturated heterocycles. The van der Waals surface area contributed by atoms with E-state index in [4.69, 9.17) is 5.73 Å². The van der Waals surface area contributed by atoms with Crippen LogP contribution >= 0.6 is 0 Å². The molecular weight excluding hydrogens is 220 g/mol. The molecule has 0 bridgehead atoms. The Labute approximate surface area is 112 Å². The van der Waals surface area contributed by atoms with E-state index in [1.807, 2.05) is 0 Å². The first kappa shape index (κ1) is 15.2. The average molecular weight is 248 g/mol. The van der Waals surface area contributed by atoms with Gasteiger partial charge in [-0.05, 0) is 82.4 Å². The molecule has 102 valence electrons. The first-order valence-electron chi connectivity index (χ1n) is 7.00. The molecule has 18 heavy (non-hydrogen) atoms. The fourth-order valence-electron chi connectivity index (χ4n) is 2.24. The van der Waals surface area contributed by atoms with Gasteiger partial charge in [0.25, 0.3) is 0 Å². The van der Waals surface area contributed by atoms with Gasteiger partial charge in [-0.25, -0.2) is 0 Å². The van der Waals surface area contributed by atoms with Crippen LogP contribution in [0.1, 0.15) is 35.1 Å². The van der Waals surface area contributed by atoms with Crippen LogP contribution in [0.25, 0.3) is 0 Å². The summed E-state index contributed by atoms with van der Waals surface area (Å²) < 4.78 is 0. The number of rotatable bonds is 7. The van der Waals surface area contributed by atoms with Crippen molar-refractivity contribution < 1.29 is 0 Å². The number of hydrogen-bond acceptors (Lipinski definition) is 2. The normalized spacial score (nSPS) is 11.2. The standard InChI is InChI=1S/C16H28N2/c1-13-11-15(3)16(12-14(13)2)7-10-18(4)9-6-5-8-17/h11-12H,5-10,17H2,1-4H3. The lowest BCUT2D eigenvalue weighted by Gasteiger charge is -2.17. The van der Waals surface area contributed by atoms with Crippen LogP contribution in [0.15, 0.2) is 12.1 Å². The van der Waals surface area contributed by atoms with Crippen molar-refractivity contribution in [1.82, 2.24) is 4.90 Å². The summed E-state index contributed by atoms with van der Waals surface area (Å²) in [6.45, 7) is 9.70. The summed E-state index contributed by atoms with van der Waals surface area (Å²) in [7, 11) is 2.20. The summed E-state index contributed by atoms with van der Waals surface area (Å²) in [5.74, 6) is 0. The second kappa shape index (κ2) is 7.55. The molecule has 0 radical (unpaired) electrons. The Morgan fingerprint density at radius 3 is 2.28 bits per heavy atom. The van der Waals surface area contributed by atoms with Crippen LogP contribution in [0.5, 0.6) is 0 Å². The van der Waals surface area contributed by atoms with Gasteiger partial charge in [-0.15, -0.1) is 0 Å². The molecule has 0 spiro atoms. The van der Waals surface area contributed by atoms with Crippen LogP contribution in [-0.2, 0) is 6.42 Å². The maximum Gasteiger partial charge on any atom is 0.00189 e. The Morgan fingerprint density at radius 2 is 1.61 bits per heavy atom. The van der Waals surface area contributed by atoms with E-state index < -0.39 is 0 Å². The minimum atomic E-state index is 0.810. The van der Waals surface area contributed by atoms with E-state index >= 15 is 0 Å². The fourth-order valence-corrected chi connectivity index (χ4v) is 2.24. The maximum absolute atomic E-state index is 5.51. The Balaban J connectivity index is 2.45. The molecule has 0 amide bonds. The van der Waals surface area contributed by atoms with Gasteiger partial charge in [-0.2, -0.15) is 0 Å². The predicted octanol–water partition coefficient (Wildman–Crippen LogP) is 2.83. The lowest BCUT2D eigenvalue weighted by Crippen LogP contribution is -2.23. The summed E-state index contributed by atoms with van der Waals surface area (Å²) in [4.78, 5) is 2.41. The van der Waals surface area contributed by atoms with Crippen molar-refractivity contribution in [2.24, 2.45) is 5.73 Å². The molecule has 2 N–H and O–H groups in total. The van der Waals surface area contributed by atoms with Crippen molar-refractivity contribution in [3.63, 3.8) is 0 Å². The summed E-state index contributed by atoms with van der Waals surface area (Å²) in [5, 5.41) is 0. The van der Waals surface area contributed by atoms with E-state index in [0.717, 1.165) is 32.5 Å². The van der Waals surface area contributed by atoms with Gasteiger partial charge in [0.1, 0.15) is 0 Å². The third-order valence-electron chi connectivity index (χ3n) is 3.71. The molecule has 0 atom stereocenters. The SMILES string of the molecule is Cc1cc(C)c(CCN(C)CCCCN)cc1C. The molecule has 0 saturated carbocycles. The van der Waals surface area contributed by atoms with Gasteiger partial charge in [-0.1, -0.05) is 12.1 Å². The van der Waals surface area contributed by atoms with Gasteiger partial charge in [0.15, 0.2) is 0 Å². The number of likely N-dealkylation sites (N-methyl/N-ethyl adjacent to an activating group) is 1. The summed E-state index contributed by atoms with van der Waals surface area (Å²) >= 11 is 0. The van der Waals surface area contributed by atoms with Gasteiger partial charge in [0, 0.05) is 6.54 Å². The monoisotopic (exact) mass is 248 g/mol. The zero-order valence-corrected chi connectivity index (χ0v) is 12.4. The highest BCUT2D eigenvalue weighted by Gasteiger charge is 2.04. The lowest BCUT2D eigenvalue weighted by atomic mass is 9.99. The van der Waals surface area contributed by atoms with Gasteiger partial charge in [-0.3, -0.25) is 0 Å². The number of nitrogens with zero attached hydrogens (tertiary/aromatic N) is 1. The lowest BCUT2D eigenvalue weighted by molar-refractivity contribution is 0.330. The number of unbranched alkanes of at least 4 members (excludes halogenated alkanes) is 1. The Bertz CT molecular complexity index is 372. The molecule has 0 aromatic heterocycles. The van der Waals surface area contributed by atoms with Crippen molar-refractivity contribution in [1.29, 1.82) is 0 Å². The first-order valence-corrected chi connectivity index (χ1v) is 7.00. The number of nitrogens with two attached hydrogens (primary N) is 1. The highest BCUT2D eigenvalue weighted by atomic mass is 15.1. The first-order chi connectivity index (χ1) is 8.54. The molecule has 0 fully saturated rings.